The summed E-state index contributed by atoms with van der Waals surface area (Å²) in [5.74, 6) is 0.654. The van der Waals surface area contributed by atoms with Gasteiger partial charge in [0.25, 0.3) is 0 Å². The molecule has 0 spiro atoms. The predicted molar refractivity (Wildman–Crippen MR) is 220 cm³/mol. The molecule has 0 radical (unpaired) electrons. The first kappa shape index (κ1) is 30.4. The van der Waals surface area contributed by atoms with Crippen LogP contribution in [0.1, 0.15) is 5.56 Å². The molecular weight excluding hydrogens is 671 g/mol. The number of fused-ring (bicyclic) bond motifs is 6. The van der Waals surface area contributed by atoms with Crippen LogP contribution >= 0.6 is 22.7 Å². The van der Waals surface area contributed by atoms with Crippen LogP contribution in [0.4, 0.5) is 0 Å². The van der Waals surface area contributed by atoms with E-state index in [1.807, 2.05) is 77.3 Å². The SMILES string of the molecule is N#Cc1ccc(-c2cc(-c3cc(-c4ccc5sc6ccccc6c5c4)cc(-c4ccc5sc6ccccc6c5c4)c3)nc(-c3ccccc3)n2)cc1. The van der Waals surface area contributed by atoms with Gasteiger partial charge in [0.2, 0.25) is 0 Å². The smallest absolute Gasteiger partial charge is 0.160 e. The summed E-state index contributed by atoms with van der Waals surface area (Å²) < 4.78 is 5.16. The van der Waals surface area contributed by atoms with Gasteiger partial charge in [0, 0.05) is 57.0 Å². The van der Waals surface area contributed by atoms with Crippen molar-refractivity contribution >= 4 is 63.0 Å². The number of aromatic nitrogens is 2. The topological polar surface area (TPSA) is 49.6 Å². The number of hydrogen-bond donors (Lipinski definition) is 0. The van der Waals surface area contributed by atoms with Crippen LogP contribution < -0.4 is 0 Å². The quantitative estimate of drug-likeness (QED) is 0.180. The van der Waals surface area contributed by atoms with Crippen molar-refractivity contribution in [2.24, 2.45) is 0 Å². The molecule has 10 rings (SSSR count). The average Bonchev–Trinajstić information content (AvgIpc) is 3.78. The van der Waals surface area contributed by atoms with E-state index < -0.39 is 0 Å². The highest BCUT2D eigenvalue weighted by molar-refractivity contribution is 7.26. The first-order valence-electron chi connectivity index (χ1n) is 17.1. The van der Waals surface area contributed by atoms with Crippen molar-refractivity contribution in [1.82, 2.24) is 9.97 Å². The molecule has 52 heavy (non-hydrogen) atoms. The van der Waals surface area contributed by atoms with Gasteiger partial charge in [0.05, 0.1) is 23.0 Å². The van der Waals surface area contributed by atoms with Crippen molar-refractivity contribution in [3.05, 3.63) is 169 Å². The minimum Gasteiger partial charge on any atom is -0.228 e. The molecule has 10 aromatic rings. The molecule has 242 valence electrons. The summed E-state index contributed by atoms with van der Waals surface area (Å²) in [6.45, 7) is 0. The molecule has 0 fully saturated rings. The van der Waals surface area contributed by atoms with Gasteiger partial charge in [0.15, 0.2) is 5.82 Å². The zero-order valence-electron chi connectivity index (χ0n) is 27.7. The second-order valence-electron chi connectivity index (χ2n) is 12.9. The Hall–Kier alpha value is -6.45. The van der Waals surface area contributed by atoms with Crippen molar-refractivity contribution in [3.63, 3.8) is 0 Å². The van der Waals surface area contributed by atoms with Crippen molar-refractivity contribution < 1.29 is 0 Å². The molecule has 0 aliphatic rings. The van der Waals surface area contributed by atoms with Crippen LogP contribution in [0, 0.1) is 11.3 Å². The minimum absolute atomic E-state index is 0.615. The lowest BCUT2D eigenvalue weighted by Crippen LogP contribution is -1.96. The Kier molecular flexibility index (Phi) is 7.24. The van der Waals surface area contributed by atoms with Gasteiger partial charge in [-0.15, -0.1) is 22.7 Å². The largest absolute Gasteiger partial charge is 0.228 e. The van der Waals surface area contributed by atoms with Gasteiger partial charge in [-0.05, 0) is 95.1 Å². The molecule has 0 amide bonds. The molecule has 0 saturated carbocycles. The van der Waals surface area contributed by atoms with Crippen molar-refractivity contribution in [2.45, 2.75) is 0 Å². The monoisotopic (exact) mass is 697 g/mol. The fourth-order valence-electron chi connectivity index (χ4n) is 7.09. The fourth-order valence-corrected chi connectivity index (χ4v) is 9.27. The summed E-state index contributed by atoms with van der Waals surface area (Å²) in [6.07, 6.45) is 0. The lowest BCUT2D eigenvalue weighted by molar-refractivity contribution is 1.18. The Bertz CT molecular complexity index is 2890. The highest BCUT2D eigenvalue weighted by atomic mass is 32.1. The van der Waals surface area contributed by atoms with E-state index in [9.17, 15) is 5.26 Å². The fraction of sp³-hybridized carbons (Fsp3) is 0. The zero-order valence-corrected chi connectivity index (χ0v) is 29.4. The third-order valence-electron chi connectivity index (χ3n) is 9.72. The van der Waals surface area contributed by atoms with Crippen LogP contribution in [-0.2, 0) is 0 Å². The Morgan fingerprint density at radius 2 is 0.846 bits per heavy atom. The van der Waals surface area contributed by atoms with Gasteiger partial charge in [-0.2, -0.15) is 5.26 Å². The highest BCUT2D eigenvalue weighted by Gasteiger charge is 2.16. The van der Waals surface area contributed by atoms with Crippen LogP contribution in [0.2, 0.25) is 0 Å². The normalized spacial score (nSPS) is 11.4. The van der Waals surface area contributed by atoms with Gasteiger partial charge in [-0.3, -0.25) is 0 Å². The maximum atomic E-state index is 9.45. The maximum Gasteiger partial charge on any atom is 0.160 e. The van der Waals surface area contributed by atoms with Crippen molar-refractivity contribution in [2.75, 3.05) is 0 Å². The second kappa shape index (κ2) is 12.4. The zero-order chi connectivity index (χ0) is 34.6. The summed E-state index contributed by atoms with van der Waals surface area (Å²) in [5.41, 5.74) is 9.70. The van der Waals surface area contributed by atoms with Crippen LogP contribution in [0.25, 0.3) is 96.5 Å². The average molecular weight is 698 g/mol. The Labute approximate surface area is 308 Å². The number of nitriles is 1. The summed E-state index contributed by atoms with van der Waals surface area (Å²) in [6, 6.07) is 59.8. The first-order chi connectivity index (χ1) is 25.7. The highest BCUT2D eigenvalue weighted by Crippen LogP contribution is 2.41. The Balaban J connectivity index is 1.21. The molecule has 0 aliphatic carbocycles. The van der Waals surface area contributed by atoms with E-state index in [1.54, 1.807) is 0 Å². The molecule has 7 aromatic carbocycles. The third-order valence-corrected chi connectivity index (χ3v) is 12.0. The van der Waals surface area contributed by atoms with Crippen LogP contribution in [0.15, 0.2) is 164 Å². The molecule has 3 aromatic heterocycles. The van der Waals surface area contributed by atoms with Gasteiger partial charge < -0.3 is 0 Å². The lowest BCUT2D eigenvalue weighted by atomic mass is 9.93. The molecule has 5 heteroatoms. The molecule has 0 aliphatic heterocycles. The van der Waals surface area contributed by atoms with E-state index in [2.05, 4.69) is 115 Å². The van der Waals surface area contributed by atoms with Crippen LogP contribution in [0.3, 0.4) is 0 Å². The predicted octanol–water partition coefficient (Wildman–Crippen LogP) is 13.4. The molecule has 0 unspecified atom stereocenters. The van der Waals surface area contributed by atoms with Crippen LogP contribution in [0.5, 0.6) is 0 Å². The molecular formula is C47H27N3S2. The first-order valence-corrected chi connectivity index (χ1v) is 18.7. The van der Waals surface area contributed by atoms with Crippen molar-refractivity contribution in [3.8, 4) is 62.2 Å². The van der Waals surface area contributed by atoms with E-state index >= 15 is 0 Å². The maximum absolute atomic E-state index is 9.45. The molecule has 0 bridgehead atoms. The standard InChI is InChI=1S/C47H27N3S2/c48-28-29-14-16-30(17-15-29)41-27-42(50-47(49-41)31-8-2-1-3-9-31)36-23-34(32-18-20-45-39(25-32)37-10-4-6-12-43(37)51-45)22-35(24-36)33-19-21-46-40(26-33)38-11-5-7-13-44(38)52-46/h1-27H. The van der Waals surface area contributed by atoms with Gasteiger partial charge in [-0.1, -0.05) is 91.0 Å². The Morgan fingerprint density at radius 1 is 0.365 bits per heavy atom. The van der Waals surface area contributed by atoms with E-state index in [0.29, 0.717) is 11.4 Å². The number of thiophene rings is 2. The van der Waals surface area contributed by atoms with E-state index in [0.717, 1.165) is 50.3 Å². The second-order valence-corrected chi connectivity index (χ2v) is 15.1. The molecule has 0 N–H and O–H groups in total. The summed E-state index contributed by atoms with van der Waals surface area (Å²) >= 11 is 3.67. The molecule has 3 heterocycles. The third kappa shape index (κ3) is 5.34. The summed E-state index contributed by atoms with van der Waals surface area (Å²) in [4.78, 5) is 10.2. The Morgan fingerprint density at radius 3 is 1.42 bits per heavy atom. The van der Waals surface area contributed by atoms with E-state index in [4.69, 9.17) is 9.97 Å². The van der Waals surface area contributed by atoms with Crippen LogP contribution in [-0.4, -0.2) is 9.97 Å². The number of rotatable bonds is 5. The molecule has 3 nitrogen and oxygen atoms in total. The van der Waals surface area contributed by atoms with Crippen molar-refractivity contribution in [1.29, 1.82) is 5.26 Å². The minimum atomic E-state index is 0.615. The molecule has 0 saturated heterocycles. The van der Waals surface area contributed by atoms with Gasteiger partial charge >= 0.3 is 0 Å². The summed E-state index contributed by atoms with van der Waals surface area (Å²) in [5, 5.41) is 14.6. The number of hydrogen-bond acceptors (Lipinski definition) is 5. The number of benzene rings is 7. The lowest BCUT2D eigenvalue weighted by Gasteiger charge is -2.14. The van der Waals surface area contributed by atoms with Gasteiger partial charge in [0.1, 0.15) is 0 Å². The van der Waals surface area contributed by atoms with E-state index in [-0.39, 0.29) is 0 Å². The number of nitrogens with zero attached hydrogens (tertiary/aromatic N) is 3. The summed E-state index contributed by atoms with van der Waals surface area (Å²) in [7, 11) is 0. The van der Waals surface area contributed by atoms with Gasteiger partial charge in [-0.25, -0.2) is 9.97 Å². The molecule has 0 atom stereocenters. The van der Waals surface area contributed by atoms with E-state index in [1.165, 1.54) is 40.3 Å².